The number of aryl methyl sites for hydroxylation is 2. The summed E-state index contributed by atoms with van der Waals surface area (Å²) >= 11 is 2.34. The molecule has 0 aromatic heterocycles. The highest BCUT2D eigenvalue weighted by atomic mass is 127. The fourth-order valence-electron chi connectivity index (χ4n) is 5.99. The minimum atomic E-state index is -0.730. The molecule has 0 saturated carbocycles. The second kappa shape index (κ2) is 12.6. The third-order valence-corrected chi connectivity index (χ3v) is 9.61. The van der Waals surface area contributed by atoms with Gasteiger partial charge >= 0.3 is 11.9 Å². The zero-order chi connectivity index (χ0) is 29.1. The first-order chi connectivity index (χ1) is 19.8. The van der Waals surface area contributed by atoms with Crippen LogP contribution in [0.4, 0.5) is 0 Å². The molecule has 0 saturated heterocycles. The van der Waals surface area contributed by atoms with Crippen molar-refractivity contribution in [3.8, 4) is 0 Å². The second-order valence-corrected chi connectivity index (χ2v) is 11.8. The fourth-order valence-corrected chi connectivity index (χ4v) is 6.47. The Bertz CT molecular complexity index is 1560. The van der Waals surface area contributed by atoms with Crippen LogP contribution in [0.2, 0.25) is 0 Å². The average Bonchev–Trinajstić information content (AvgIpc) is 2.99. The molecule has 1 aliphatic carbocycles. The molecule has 4 aromatic rings. The Hall–Kier alpha value is -3.45. The van der Waals surface area contributed by atoms with Gasteiger partial charge in [-0.05, 0) is 65.3 Å². The molecule has 0 spiro atoms. The number of halogens is 1. The molecule has 0 fully saturated rings. The summed E-state index contributed by atoms with van der Waals surface area (Å²) in [4.78, 5) is 27.6. The number of rotatable bonds is 7. The molecule has 4 nitrogen and oxygen atoms in total. The average molecular weight is 659 g/mol. The molecule has 210 valence electrons. The maximum absolute atomic E-state index is 13.9. The van der Waals surface area contributed by atoms with Crippen LogP contribution in [-0.4, -0.2) is 28.6 Å². The highest BCUT2D eigenvalue weighted by molar-refractivity contribution is 14.1. The topological polar surface area (TPSA) is 52.6 Å². The summed E-state index contributed by atoms with van der Waals surface area (Å²) in [6.07, 6.45) is -1.43. The van der Waals surface area contributed by atoms with Crippen LogP contribution in [0.25, 0.3) is 0 Å². The molecule has 1 aliphatic rings. The molecule has 5 heteroatoms. The van der Waals surface area contributed by atoms with Gasteiger partial charge in [-0.2, -0.15) is 0 Å². The van der Waals surface area contributed by atoms with Gasteiger partial charge in [-0.1, -0.05) is 121 Å². The van der Waals surface area contributed by atoms with E-state index in [-0.39, 0.29) is 17.8 Å². The Morgan fingerprint density at radius 1 is 0.683 bits per heavy atom. The minimum absolute atomic E-state index is 0.193. The van der Waals surface area contributed by atoms with E-state index in [0.29, 0.717) is 11.1 Å². The molecule has 41 heavy (non-hydrogen) atoms. The summed E-state index contributed by atoms with van der Waals surface area (Å²) in [6.45, 7) is 8.13. The van der Waals surface area contributed by atoms with Crippen molar-refractivity contribution in [1.82, 2.24) is 0 Å². The fraction of sp³-hybridized carbons (Fsp3) is 0.278. The van der Waals surface area contributed by atoms with Crippen LogP contribution in [0.1, 0.15) is 85.7 Å². The summed E-state index contributed by atoms with van der Waals surface area (Å²) in [5.41, 5.74) is 7.18. The molecular weight excluding hydrogens is 623 g/mol. The molecule has 0 heterocycles. The lowest BCUT2D eigenvalue weighted by molar-refractivity contribution is -0.0533. The lowest BCUT2D eigenvalue weighted by atomic mass is 9.70. The van der Waals surface area contributed by atoms with Gasteiger partial charge in [0, 0.05) is 10.3 Å². The molecule has 0 radical (unpaired) electrons. The van der Waals surface area contributed by atoms with E-state index in [2.05, 4.69) is 67.6 Å². The minimum Gasteiger partial charge on any atom is -0.454 e. The van der Waals surface area contributed by atoms with Crippen molar-refractivity contribution in [3.63, 3.8) is 0 Å². The van der Waals surface area contributed by atoms with Crippen LogP contribution in [0.15, 0.2) is 97.1 Å². The smallest absolute Gasteiger partial charge is 0.338 e. The third-order valence-electron chi connectivity index (χ3n) is 8.28. The summed E-state index contributed by atoms with van der Waals surface area (Å²) < 4.78 is 13.7. The summed E-state index contributed by atoms with van der Waals surface area (Å²) in [5.74, 6) is -1.12. The molecule has 0 aliphatic heterocycles. The van der Waals surface area contributed by atoms with Gasteiger partial charge in [0.15, 0.2) is 6.10 Å². The van der Waals surface area contributed by atoms with Gasteiger partial charge in [0.2, 0.25) is 0 Å². The number of carbonyl (C=O) groups is 2. The lowest BCUT2D eigenvalue weighted by Gasteiger charge is -2.42. The van der Waals surface area contributed by atoms with Gasteiger partial charge in [0.25, 0.3) is 0 Å². The third kappa shape index (κ3) is 5.82. The van der Waals surface area contributed by atoms with E-state index in [0.717, 1.165) is 37.8 Å². The number of ether oxygens (including phenoxy) is 2. The summed E-state index contributed by atoms with van der Waals surface area (Å²) in [7, 11) is 0. The van der Waals surface area contributed by atoms with Crippen molar-refractivity contribution >= 4 is 34.5 Å². The van der Waals surface area contributed by atoms with Crippen molar-refractivity contribution in [2.24, 2.45) is 0 Å². The van der Waals surface area contributed by atoms with Crippen molar-refractivity contribution in [3.05, 3.63) is 142 Å². The predicted molar refractivity (Wildman–Crippen MR) is 171 cm³/mol. The van der Waals surface area contributed by atoms with E-state index in [1.54, 1.807) is 6.07 Å². The number of hydrogen-bond acceptors (Lipinski definition) is 4. The highest BCUT2D eigenvalue weighted by Crippen LogP contribution is 2.46. The zero-order valence-corrected chi connectivity index (χ0v) is 26.0. The van der Waals surface area contributed by atoms with Crippen LogP contribution in [0.5, 0.6) is 0 Å². The van der Waals surface area contributed by atoms with E-state index in [4.69, 9.17) is 9.47 Å². The molecule has 4 aromatic carbocycles. The van der Waals surface area contributed by atoms with Gasteiger partial charge in [0.05, 0.1) is 17.0 Å². The largest absolute Gasteiger partial charge is 0.454 e. The summed E-state index contributed by atoms with van der Waals surface area (Å²) in [6, 6.07) is 31.5. The quantitative estimate of drug-likeness (QED) is 0.114. The molecule has 0 amide bonds. The first-order valence-corrected chi connectivity index (χ1v) is 15.6. The maximum atomic E-state index is 13.9. The van der Waals surface area contributed by atoms with Gasteiger partial charge in [-0.25, -0.2) is 9.59 Å². The van der Waals surface area contributed by atoms with Crippen molar-refractivity contribution in [2.75, 3.05) is 4.43 Å². The van der Waals surface area contributed by atoms with E-state index in [1.807, 2.05) is 73.7 Å². The SMILES string of the molecule is Cc1ccccc1C(=O)OC1C(c2ccccc2C)c2ccccc2C(C)C1OC(=O)c1ccccc1C(C)CI. The van der Waals surface area contributed by atoms with Crippen LogP contribution < -0.4 is 0 Å². The van der Waals surface area contributed by atoms with Crippen molar-refractivity contribution in [2.45, 2.75) is 57.7 Å². The first-order valence-electron chi connectivity index (χ1n) is 14.1. The zero-order valence-electron chi connectivity index (χ0n) is 23.8. The maximum Gasteiger partial charge on any atom is 0.338 e. The predicted octanol–water partition coefficient (Wildman–Crippen LogP) is 8.54. The molecule has 5 unspecified atom stereocenters. The Morgan fingerprint density at radius 2 is 1.20 bits per heavy atom. The van der Waals surface area contributed by atoms with E-state index in [1.165, 1.54) is 0 Å². The van der Waals surface area contributed by atoms with Crippen LogP contribution in [-0.2, 0) is 9.47 Å². The van der Waals surface area contributed by atoms with Crippen LogP contribution >= 0.6 is 22.6 Å². The molecule has 0 bridgehead atoms. The van der Waals surface area contributed by atoms with Crippen molar-refractivity contribution < 1.29 is 19.1 Å². The Morgan fingerprint density at radius 3 is 1.85 bits per heavy atom. The second-order valence-electron chi connectivity index (χ2n) is 10.9. The molecule has 0 N–H and O–H groups in total. The Kier molecular flexibility index (Phi) is 8.93. The van der Waals surface area contributed by atoms with Crippen LogP contribution in [0, 0.1) is 13.8 Å². The van der Waals surface area contributed by atoms with E-state index < -0.39 is 24.1 Å². The number of esters is 2. The van der Waals surface area contributed by atoms with Gasteiger partial charge in [-0.15, -0.1) is 0 Å². The van der Waals surface area contributed by atoms with Gasteiger partial charge in [0.1, 0.15) is 6.10 Å². The summed E-state index contributed by atoms with van der Waals surface area (Å²) in [5, 5.41) is 0. The molecule has 5 rings (SSSR count). The Labute approximate surface area is 256 Å². The first kappa shape index (κ1) is 29.1. The van der Waals surface area contributed by atoms with E-state index in [9.17, 15) is 9.59 Å². The lowest BCUT2D eigenvalue weighted by Crippen LogP contribution is -2.47. The number of hydrogen-bond donors (Lipinski definition) is 0. The van der Waals surface area contributed by atoms with Gasteiger partial charge in [-0.3, -0.25) is 0 Å². The number of alkyl halides is 1. The number of benzene rings is 4. The normalized spacial score (nSPS) is 20.5. The highest BCUT2D eigenvalue weighted by Gasteiger charge is 2.47. The van der Waals surface area contributed by atoms with Crippen LogP contribution in [0.3, 0.4) is 0 Å². The Balaban J connectivity index is 1.63. The van der Waals surface area contributed by atoms with E-state index >= 15 is 0 Å². The van der Waals surface area contributed by atoms with Gasteiger partial charge < -0.3 is 9.47 Å². The molecular formula is C36H35IO4. The monoisotopic (exact) mass is 658 g/mol. The standard InChI is InChI=1S/C36H35IO4/c1-22-13-5-7-16-27(22)32-30-19-11-10-18-29(30)25(4)33(34(32)41-35(38)28-17-8-6-14-23(28)2)40-36(39)31-20-12-9-15-26(31)24(3)21-37/h5-20,24-25,32-34H,21H2,1-4H3. The van der Waals surface area contributed by atoms with Crippen molar-refractivity contribution in [1.29, 1.82) is 0 Å². The number of carbonyl (C=O) groups excluding carboxylic acids is 2. The molecule has 5 atom stereocenters. The number of fused-ring (bicyclic) bond motifs is 1.